The molecule has 1 aliphatic carbocycles. The van der Waals surface area contributed by atoms with E-state index in [9.17, 15) is 4.79 Å². The molecule has 0 amide bonds. The average Bonchev–Trinajstić information content (AvgIpc) is 2.34. The first-order valence-electron chi connectivity index (χ1n) is 5.93. The molecular formula is C12H21NO2. The monoisotopic (exact) mass is 211 g/mol. The van der Waals surface area contributed by atoms with Crippen LogP contribution in [0.1, 0.15) is 40.0 Å². The van der Waals surface area contributed by atoms with Gasteiger partial charge in [-0.3, -0.25) is 4.79 Å². The predicted molar refractivity (Wildman–Crippen MR) is 58.5 cm³/mol. The van der Waals surface area contributed by atoms with Gasteiger partial charge in [0.05, 0.1) is 5.92 Å². The Labute approximate surface area is 91.6 Å². The maximum absolute atomic E-state index is 12.0. The van der Waals surface area contributed by atoms with Gasteiger partial charge < -0.3 is 10.1 Å². The molecule has 0 aromatic rings. The van der Waals surface area contributed by atoms with Crippen molar-refractivity contribution < 1.29 is 9.53 Å². The van der Waals surface area contributed by atoms with E-state index >= 15 is 0 Å². The minimum atomic E-state index is -0.353. The van der Waals surface area contributed by atoms with E-state index in [1.165, 1.54) is 6.42 Å². The van der Waals surface area contributed by atoms with Crippen molar-refractivity contribution in [1.29, 1.82) is 0 Å². The molecule has 1 N–H and O–H groups in total. The van der Waals surface area contributed by atoms with Gasteiger partial charge in [-0.15, -0.1) is 0 Å². The van der Waals surface area contributed by atoms with Gasteiger partial charge in [-0.1, -0.05) is 0 Å². The van der Waals surface area contributed by atoms with Crippen LogP contribution in [0.4, 0.5) is 0 Å². The minimum absolute atomic E-state index is 0.00204. The summed E-state index contributed by atoms with van der Waals surface area (Å²) in [5.41, 5.74) is -0.353. The quantitative estimate of drug-likeness (QED) is 0.671. The summed E-state index contributed by atoms with van der Waals surface area (Å²) < 4.78 is 5.48. The minimum Gasteiger partial charge on any atom is -0.460 e. The van der Waals surface area contributed by atoms with Crippen LogP contribution in [0.15, 0.2) is 0 Å². The molecule has 2 bridgehead atoms. The maximum atomic E-state index is 12.0. The number of carbonyl (C=O) groups excluding carboxylic acids is 1. The fourth-order valence-corrected chi connectivity index (χ4v) is 2.81. The molecule has 1 saturated heterocycles. The molecule has 0 aromatic heterocycles. The van der Waals surface area contributed by atoms with Crippen molar-refractivity contribution in [2.24, 2.45) is 11.8 Å². The van der Waals surface area contributed by atoms with E-state index in [4.69, 9.17) is 4.74 Å². The van der Waals surface area contributed by atoms with Gasteiger partial charge in [-0.2, -0.15) is 0 Å². The summed E-state index contributed by atoms with van der Waals surface area (Å²) in [6, 6.07) is 0.374. The molecule has 3 unspecified atom stereocenters. The Hall–Kier alpha value is -0.570. The van der Waals surface area contributed by atoms with Crippen molar-refractivity contribution in [1.82, 2.24) is 5.32 Å². The van der Waals surface area contributed by atoms with Crippen LogP contribution in [-0.4, -0.2) is 24.2 Å². The zero-order chi connectivity index (χ0) is 11.1. The molecule has 0 radical (unpaired) electrons. The summed E-state index contributed by atoms with van der Waals surface area (Å²) in [6.45, 7) is 6.86. The number of piperidine rings is 1. The van der Waals surface area contributed by atoms with E-state index in [-0.39, 0.29) is 17.5 Å². The average molecular weight is 211 g/mol. The van der Waals surface area contributed by atoms with E-state index < -0.39 is 0 Å². The number of carbonyl (C=O) groups is 1. The smallest absolute Gasteiger partial charge is 0.311 e. The molecule has 2 aliphatic rings. The summed E-state index contributed by atoms with van der Waals surface area (Å²) in [7, 11) is 0. The summed E-state index contributed by atoms with van der Waals surface area (Å²) >= 11 is 0. The zero-order valence-corrected chi connectivity index (χ0v) is 9.88. The van der Waals surface area contributed by atoms with Gasteiger partial charge in [-0.25, -0.2) is 0 Å². The van der Waals surface area contributed by atoms with Gasteiger partial charge in [0.1, 0.15) is 5.60 Å². The fraction of sp³-hybridized carbons (Fsp3) is 0.917. The maximum Gasteiger partial charge on any atom is 0.311 e. The molecule has 2 fully saturated rings. The second kappa shape index (κ2) is 3.78. The first-order valence-corrected chi connectivity index (χ1v) is 5.93. The highest BCUT2D eigenvalue weighted by Crippen LogP contribution is 2.38. The van der Waals surface area contributed by atoms with Crippen LogP contribution in [-0.2, 0) is 9.53 Å². The number of nitrogens with one attached hydrogen (secondary N) is 1. The number of esters is 1. The number of rotatable bonds is 1. The lowest BCUT2D eigenvalue weighted by atomic mass is 9.88. The molecule has 1 heterocycles. The Balaban J connectivity index is 2.01. The second-order valence-corrected chi connectivity index (χ2v) is 5.75. The highest BCUT2D eigenvalue weighted by atomic mass is 16.6. The summed E-state index contributed by atoms with van der Waals surface area (Å²) in [5, 5.41) is 3.43. The van der Waals surface area contributed by atoms with Crippen molar-refractivity contribution in [2.75, 3.05) is 6.54 Å². The molecule has 3 heteroatoms. The lowest BCUT2D eigenvalue weighted by Gasteiger charge is -2.31. The zero-order valence-electron chi connectivity index (χ0n) is 9.88. The van der Waals surface area contributed by atoms with Crippen LogP contribution in [0.5, 0.6) is 0 Å². The van der Waals surface area contributed by atoms with Crippen LogP contribution in [0.2, 0.25) is 0 Å². The van der Waals surface area contributed by atoms with Crippen molar-refractivity contribution in [2.45, 2.75) is 51.7 Å². The molecular weight excluding hydrogens is 190 g/mol. The van der Waals surface area contributed by atoms with Crippen molar-refractivity contribution in [3.8, 4) is 0 Å². The largest absolute Gasteiger partial charge is 0.460 e. The Kier molecular flexibility index (Phi) is 2.75. The Bertz CT molecular complexity index is 241. The van der Waals surface area contributed by atoms with E-state index in [0.29, 0.717) is 12.0 Å². The third-order valence-corrected chi connectivity index (χ3v) is 3.39. The first-order chi connectivity index (χ1) is 6.97. The highest BCUT2D eigenvalue weighted by Gasteiger charge is 2.44. The van der Waals surface area contributed by atoms with Gasteiger partial charge in [0.15, 0.2) is 0 Å². The van der Waals surface area contributed by atoms with E-state index in [0.717, 1.165) is 19.4 Å². The van der Waals surface area contributed by atoms with Gasteiger partial charge in [-0.05, 0) is 52.5 Å². The lowest BCUT2D eigenvalue weighted by molar-refractivity contribution is -0.162. The number of ether oxygens (including phenoxy) is 1. The van der Waals surface area contributed by atoms with Crippen LogP contribution in [0.25, 0.3) is 0 Å². The number of hydrogen-bond donors (Lipinski definition) is 1. The molecule has 15 heavy (non-hydrogen) atoms. The van der Waals surface area contributed by atoms with Crippen molar-refractivity contribution >= 4 is 5.97 Å². The normalized spacial score (nSPS) is 35.3. The van der Waals surface area contributed by atoms with Crippen molar-refractivity contribution in [3.63, 3.8) is 0 Å². The van der Waals surface area contributed by atoms with E-state index in [1.807, 2.05) is 20.8 Å². The second-order valence-electron chi connectivity index (χ2n) is 5.75. The molecule has 3 nitrogen and oxygen atoms in total. The van der Waals surface area contributed by atoms with Gasteiger partial charge in [0.25, 0.3) is 0 Å². The van der Waals surface area contributed by atoms with Crippen LogP contribution < -0.4 is 5.32 Å². The van der Waals surface area contributed by atoms with Gasteiger partial charge in [0.2, 0.25) is 0 Å². The highest BCUT2D eigenvalue weighted by molar-refractivity contribution is 5.74. The topological polar surface area (TPSA) is 38.3 Å². The standard InChI is InChI=1S/C12H21NO2/c1-12(2,3)15-11(14)10-8-4-5-9(10)13-7-6-8/h8-10,13H,4-7H2,1-3H3. The summed E-state index contributed by atoms with van der Waals surface area (Å²) in [6.07, 6.45) is 3.44. The fourth-order valence-electron chi connectivity index (χ4n) is 2.81. The van der Waals surface area contributed by atoms with Crippen molar-refractivity contribution in [3.05, 3.63) is 0 Å². The molecule has 0 spiro atoms. The third-order valence-electron chi connectivity index (χ3n) is 3.39. The number of hydrogen-bond acceptors (Lipinski definition) is 3. The van der Waals surface area contributed by atoms with Gasteiger partial charge in [0, 0.05) is 6.04 Å². The van der Waals surface area contributed by atoms with E-state index in [1.54, 1.807) is 0 Å². The summed E-state index contributed by atoms with van der Waals surface area (Å²) in [4.78, 5) is 12.0. The molecule has 1 aliphatic heterocycles. The summed E-state index contributed by atoms with van der Waals surface area (Å²) in [5.74, 6) is 0.672. The molecule has 3 atom stereocenters. The Morgan fingerprint density at radius 3 is 2.60 bits per heavy atom. The van der Waals surface area contributed by atoms with E-state index in [2.05, 4.69) is 5.32 Å². The number of fused-ring (bicyclic) bond motifs is 2. The SMILES string of the molecule is CC(C)(C)OC(=O)C1C2CCNC1CC2. The first kappa shape index (κ1) is 10.9. The molecule has 0 aromatic carbocycles. The van der Waals surface area contributed by atoms with Crippen LogP contribution in [0.3, 0.4) is 0 Å². The van der Waals surface area contributed by atoms with Gasteiger partial charge >= 0.3 is 5.97 Å². The molecule has 1 saturated carbocycles. The predicted octanol–water partition coefficient (Wildman–Crippen LogP) is 1.72. The third kappa shape index (κ3) is 2.33. The molecule has 86 valence electrons. The van der Waals surface area contributed by atoms with Crippen LogP contribution in [0, 0.1) is 11.8 Å². The Morgan fingerprint density at radius 2 is 2.00 bits per heavy atom. The lowest BCUT2D eigenvalue weighted by Crippen LogP contribution is -2.46. The Morgan fingerprint density at radius 1 is 1.27 bits per heavy atom. The van der Waals surface area contributed by atoms with Crippen LogP contribution >= 0.6 is 0 Å². The molecule has 2 rings (SSSR count).